The number of carbonyl (C=O) groups is 1. The Morgan fingerprint density at radius 1 is 1.45 bits per heavy atom. The van der Waals surface area contributed by atoms with Crippen molar-refractivity contribution >= 4 is 5.91 Å². The molecule has 20 heavy (non-hydrogen) atoms. The number of benzene rings is 1. The molecular formula is C14H18F2N2O2. The second-order valence-electron chi connectivity index (χ2n) is 5.07. The summed E-state index contributed by atoms with van der Waals surface area (Å²) in [5.74, 6) is -1.42. The number of carbonyl (C=O) groups excluding carboxylic acids is 1. The first-order valence-corrected chi connectivity index (χ1v) is 6.58. The number of nitrogens with zero attached hydrogens (tertiary/aromatic N) is 1. The maximum absolute atomic E-state index is 13.5. The van der Waals surface area contributed by atoms with Gasteiger partial charge in [0.25, 0.3) is 0 Å². The molecule has 2 unspecified atom stereocenters. The highest BCUT2D eigenvalue weighted by Crippen LogP contribution is 2.20. The summed E-state index contributed by atoms with van der Waals surface area (Å²) in [4.78, 5) is 12.9. The van der Waals surface area contributed by atoms with Gasteiger partial charge in [0, 0.05) is 32.6 Å². The summed E-state index contributed by atoms with van der Waals surface area (Å²) < 4.78 is 27.0. The van der Waals surface area contributed by atoms with Gasteiger partial charge in [-0.05, 0) is 18.6 Å². The third-order valence-corrected chi connectivity index (χ3v) is 3.56. The average molecular weight is 284 g/mol. The highest BCUT2D eigenvalue weighted by atomic mass is 19.1. The number of halogens is 2. The second kappa shape index (κ2) is 6.28. The molecule has 0 bridgehead atoms. The lowest BCUT2D eigenvalue weighted by Crippen LogP contribution is -2.47. The van der Waals surface area contributed by atoms with Crippen LogP contribution in [0.25, 0.3) is 0 Å². The molecule has 110 valence electrons. The third-order valence-electron chi connectivity index (χ3n) is 3.56. The second-order valence-corrected chi connectivity index (χ2v) is 5.07. The van der Waals surface area contributed by atoms with Crippen LogP contribution < -0.4 is 5.32 Å². The Labute approximate surface area is 116 Å². The Balaban J connectivity index is 1.92. The largest absolute Gasteiger partial charge is 0.387 e. The van der Waals surface area contributed by atoms with Gasteiger partial charge in [-0.25, -0.2) is 8.78 Å². The van der Waals surface area contributed by atoms with Crippen molar-refractivity contribution < 1.29 is 18.7 Å². The zero-order chi connectivity index (χ0) is 14.7. The molecule has 1 amide bonds. The van der Waals surface area contributed by atoms with E-state index in [0.29, 0.717) is 19.4 Å². The summed E-state index contributed by atoms with van der Waals surface area (Å²) in [5.41, 5.74) is -0.319. The van der Waals surface area contributed by atoms with Crippen LogP contribution in [0, 0.1) is 11.6 Å². The SMILES string of the molecule is CN1CC(NCC(O)c2c(F)cccc2F)CCC1=O. The average Bonchev–Trinajstić information content (AvgIpc) is 2.40. The van der Waals surface area contributed by atoms with Crippen molar-refractivity contribution in [1.82, 2.24) is 10.2 Å². The van der Waals surface area contributed by atoms with Gasteiger partial charge in [0.05, 0.1) is 11.7 Å². The van der Waals surface area contributed by atoms with Crippen molar-refractivity contribution in [3.05, 3.63) is 35.4 Å². The Bertz CT molecular complexity index is 476. The van der Waals surface area contributed by atoms with E-state index in [4.69, 9.17) is 0 Å². The molecule has 0 aliphatic carbocycles. The third kappa shape index (κ3) is 3.32. The Kier molecular flexibility index (Phi) is 4.67. The molecule has 2 N–H and O–H groups in total. The molecule has 0 aromatic heterocycles. The predicted octanol–water partition coefficient (Wildman–Crippen LogP) is 1.21. The van der Waals surface area contributed by atoms with Crippen LogP contribution >= 0.6 is 0 Å². The number of nitrogens with one attached hydrogen (secondary N) is 1. The summed E-state index contributed by atoms with van der Waals surface area (Å²) in [7, 11) is 1.71. The lowest BCUT2D eigenvalue weighted by molar-refractivity contribution is -0.132. The molecule has 2 rings (SSSR count). The van der Waals surface area contributed by atoms with Crippen molar-refractivity contribution in [2.24, 2.45) is 0 Å². The molecule has 1 aliphatic heterocycles. The van der Waals surface area contributed by atoms with Crippen molar-refractivity contribution in [2.75, 3.05) is 20.1 Å². The fourth-order valence-corrected chi connectivity index (χ4v) is 2.39. The van der Waals surface area contributed by atoms with Gasteiger partial charge < -0.3 is 15.3 Å². The molecule has 1 aromatic carbocycles. The minimum Gasteiger partial charge on any atom is -0.387 e. The number of aliphatic hydroxyl groups is 1. The molecule has 4 nitrogen and oxygen atoms in total. The number of rotatable bonds is 4. The quantitative estimate of drug-likeness (QED) is 0.874. The van der Waals surface area contributed by atoms with Crippen LogP contribution in [0.3, 0.4) is 0 Å². The van der Waals surface area contributed by atoms with Crippen LogP contribution in [0.4, 0.5) is 8.78 Å². The van der Waals surface area contributed by atoms with E-state index in [1.807, 2.05) is 0 Å². The molecule has 1 aromatic rings. The number of aliphatic hydroxyl groups excluding tert-OH is 1. The minimum absolute atomic E-state index is 0.0298. The Hall–Kier alpha value is -1.53. The van der Waals surface area contributed by atoms with E-state index >= 15 is 0 Å². The Morgan fingerprint density at radius 3 is 2.70 bits per heavy atom. The topological polar surface area (TPSA) is 52.6 Å². The summed E-state index contributed by atoms with van der Waals surface area (Å²) in [6.07, 6.45) is -0.146. The molecular weight excluding hydrogens is 266 g/mol. The maximum atomic E-state index is 13.5. The monoisotopic (exact) mass is 284 g/mol. The lowest BCUT2D eigenvalue weighted by atomic mass is 10.0. The molecule has 1 aliphatic rings. The van der Waals surface area contributed by atoms with Gasteiger partial charge in [0.15, 0.2) is 0 Å². The smallest absolute Gasteiger partial charge is 0.222 e. The fraction of sp³-hybridized carbons (Fsp3) is 0.500. The standard InChI is InChI=1S/C14H18F2N2O2/c1-18-8-9(5-6-13(18)20)17-7-12(19)14-10(15)3-2-4-11(14)16/h2-4,9,12,17,19H,5-8H2,1H3. The van der Waals surface area contributed by atoms with Gasteiger partial charge in [-0.1, -0.05) is 6.07 Å². The van der Waals surface area contributed by atoms with Crippen molar-refractivity contribution in [1.29, 1.82) is 0 Å². The van der Waals surface area contributed by atoms with Gasteiger partial charge in [-0.15, -0.1) is 0 Å². The normalized spacial score (nSPS) is 21.1. The number of amides is 1. The summed E-state index contributed by atoms with van der Waals surface area (Å²) in [5, 5.41) is 13.0. The number of piperidine rings is 1. The highest BCUT2D eigenvalue weighted by molar-refractivity contribution is 5.76. The van der Waals surface area contributed by atoms with E-state index in [0.717, 1.165) is 12.1 Å². The first-order valence-electron chi connectivity index (χ1n) is 6.58. The summed E-state index contributed by atoms with van der Waals surface area (Å²) in [6, 6.07) is 3.53. The van der Waals surface area contributed by atoms with Crippen LogP contribution in [-0.2, 0) is 4.79 Å². The molecule has 0 radical (unpaired) electrons. The summed E-state index contributed by atoms with van der Waals surface area (Å²) >= 11 is 0. The molecule has 6 heteroatoms. The first-order chi connectivity index (χ1) is 9.49. The van der Waals surface area contributed by atoms with E-state index in [2.05, 4.69) is 5.32 Å². The van der Waals surface area contributed by atoms with Crippen LogP contribution in [0.15, 0.2) is 18.2 Å². The van der Waals surface area contributed by atoms with Crippen molar-refractivity contribution in [3.8, 4) is 0 Å². The number of likely N-dealkylation sites (N-methyl/N-ethyl adjacent to an activating group) is 1. The maximum Gasteiger partial charge on any atom is 0.222 e. The van der Waals surface area contributed by atoms with Gasteiger partial charge in [0.1, 0.15) is 11.6 Å². The molecule has 2 atom stereocenters. The first kappa shape index (κ1) is 14.9. The zero-order valence-electron chi connectivity index (χ0n) is 11.3. The molecule has 1 heterocycles. The number of hydrogen-bond donors (Lipinski definition) is 2. The zero-order valence-corrected chi connectivity index (χ0v) is 11.3. The van der Waals surface area contributed by atoms with E-state index in [1.165, 1.54) is 6.07 Å². The Morgan fingerprint density at radius 2 is 2.10 bits per heavy atom. The van der Waals surface area contributed by atoms with E-state index in [1.54, 1.807) is 11.9 Å². The lowest BCUT2D eigenvalue weighted by Gasteiger charge is -2.31. The molecule has 0 saturated carbocycles. The van der Waals surface area contributed by atoms with Crippen LogP contribution in [0.5, 0.6) is 0 Å². The number of hydrogen-bond acceptors (Lipinski definition) is 3. The van der Waals surface area contributed by atoms with E-state index in [-0.39, 0.29) is 24.1 Å². The van der Waals surface area contributed by atoms with E-state index < -0.39 is 17.7 Å². The van der Waals surface area contributed by atoms with Gasteiger partial charge in [0.2, 0.25) is 5.91 Å². The molecule has 0 spiro atoms. The highest BCUT2D eigenvalue weighted by Gasteiger charge is 2.24. The van der Waals surface area contributed by atoms with Gasteiger partial charge in [-0.2, -0.15) is 0 Å². The molecule has 1 fully saturated rings. The van der Waals surface area contributed by atoms with Crippen molar-refractivity contribution in [3.63, 3.8) is 0 Å². The van der Waals surface area contributed by atoms with Crippen LogP contribution in [0.2, 0.25) is 0 Å². The van der Waals surface area contributed by atoms with Crippen molar-refractivity contribution in [2.45, 2.75) is 25.0 Å². The predicted molar refractivity (Wildman–Crippen MR) is 70.0 cm³/mol. The summed E-state index contributed by atoms with van der Waals surface area (Å²) in [6.45, 7) is 0.579. The van der Waals surface area contributed by atoms with Crippen LogP contribution in [0.1, 0.15) is 24.5 Å². The van der Waals surface area contributed by atoms with Crippen LogP contribution in [-0.4, -0.2) is 42.1 Å². The molecule has 1 saturated heterocycles. The number of likely N-dealkylation sites (tertiary alicyclic amines) is 1. The van der Waals surface area contributed by atoms with Gasteiger partial charge in [-0.3, -0.25) is 4.79 Å². The van der Waals surface area contributed by atoms with E-state index in [9.17, 15) is 18.7 Å². The van der Waals surface area contributed by atoms with Gasteiger partial charge >= 0.3 is 0 Å². The fourth-order valence-electron chi connectivity index (χ4n) is 2.39. The minimum atomic E-state index is -1.25.